The molecule has 1 unspecified atom stereocenters. The van der Waals surface area contributed by atoms with Crippen molar-refractivity contribution in [2.24, 2.45) is 13.0 Å². The van der Waals surface area contributed by atoms with E-state index in [0.717, 1.165) is 44.1 Å². The third-order valence-electron chi connectivity index (χ3n) is 8.23. The van der Waals surface area contributed by atoms with Gasteiger partial charge in [-0.2, -0.15) is 13.2 Å². The van der Waals surface area contributed by atoms with Gasteiger partial charge >= 0.3 is 17.0 Å². The Bertz CT molecular complexity index is 1650. The molecular formula is C31H35F3N7O2S+. The molecule has 3 N–H and O–H groups in total. The van der Waals surface area contributed by atoms with Gasteiger partial charge in [0.15, 0.2) is 0 Å². The fourth-order valence-corrected chi connectivity index (χ4v) is 6.32. The molecule has 1 aliphatic carbocycles. The van der Waals surface area contributed by atoms with Gasteiger partial charge in [0, 0.05) is 55.5 Å². The number of aromatic nitrogens is 3. The number of amides is 1. The van der Waals surface area contributed by atoms with E-state index in [9.17, 15) is 23.1 Å². The van der Waals surface area contributed by atoms with E-state index >= 15 is 0 Å². The van der Waals surface area contributed by atoms with E-state index < -0.39 is 23.9 Å². The normalized spacial score (nSPS) is 17.1. The second kappa shape index (κ2) is 12.4. The maximum absolute atomic E-state index is 14.0. The average Bonchev–Trinajstić information content (AvgIpc) is 3.78. The molecule has 9 nitrogen and oxygen atoms in total. The summed E-state index contributed by atoms with van der Waals surface area (Å²) < 4.78 is 43.9. The van der Waals surface area contributed by atoms with Crippen molar-refractivity contribution < 1.29 is 27.6 Å². The van der Waals surface area contributed by atoms with Crippen LogP contribution in [-0.2, 0) is 19.8 Å². The summed E-state index contributed by atoms with van der Waals surface area (Å²) in [6.07, 6.45) is -1.33. The Balaban J connectivity index is 1.14. The van der Waals surface area contributed by atoms with Crippen LogP contribution in [-0.4, -0.2) is 69.7 Å². The van der Waals surface area contributed by atoms with Gasteiger partial charge in [-0.15, -0.1) is 0 Å². The van der Waals surface area contributed by atoms with Crippen molar-refractivity contribution in [2.45, 2.75) is 38.7 Å². The van der Waals surface area contributed by atoms with Gasteiger partial charge in [0.05, 0.1) is 12.6 Å². The Kier molecular flexibility index (Phi) is 8.55. The minimum absolute atomic E-state index is 0.0894. The minimum atomic E-state index is -4.54. The maximum atomic E-state index is 14.0. The van der Waals surface area contributed by atoms with Crippen molar-refractivity contribution in [1.29, 1.82) is 0 Å². The molecule has 2 fully saturated rings. The molecule has 232 valence electrons. The number of halogens is 3. The first kappa shape index (κ1) is 30.4. The summed E-state index contributed by atoms with van der Waals surface area (Å²) in [6, 6.07) is 10.8. The quantitative estimate of drug-likeness (QED) is 0.183. The number of hydrogen-bond acceptors (Lipinski definition) is 8. The van der Waals surface area contributed by atoms with Gasteiger partial charge in [0.1, 0.15) is 18.1 Å². The van der Waals surface area contributed by atoms with Gasteiger partial charge < -0.3 is 20.6 Å². The summed E-state index contributed by atoms with van der Waals surface area (Å²) in [7, 11) is 1.86. The molecule has 13 heteroatoms. The molecule has 0 radical (unpaired) electrons. The lowest BCUT2D eigenvalue weighted by Crippen LogP contribution is -2.45. The van der Waals surface area contributed by atoms with E-state index in [1.807, 2.05) is 22.7 Å². The first-order valence-electron chi connectivity index (χ1n) is 14.8. The topological polar surface area (TPSA) is 97.5 Å². The highest BCUT2D eigenvalue weighted by molar-refractivity contribution is 7.21. The number of nitrogens with one attached hydrogen (secondary N) is 2. The highest BCUT2D eigenvalue weighted by Crippen LogP contribution is 2.36. The van der Waals surface area contributed by atoms with Crippen LogP contribution in [0.3, 0.4) is 0 Å². The molecule has 2 aliphatic rings. The number of thiazole rings is 1. The number of likely N-dealkylation sites (N-methyl/N-ethyl adjacent to an activating group) is 1. The predicted octanol–water partition coefficient (Wildman–Crippen LogP) is 4.73. The lowest BCUT2D eigenvalue weighted by atomic mass is 10.0. The zero-order chi connectivity index (χ0) is 31.0. The van der Waals surface area contributed by atoms with Crippen LogP contribution >= 0.6 is 11.3 Å². The Morgan fingerprint density at radius 3 is 2.45 bits per heavy atom. The summed E-state index contributed by atoms with van der Waals surface area (Å²) in [4.78, 5) is 27.3. The maximum Gasteiger partial charge on any atom is 0.416 e. The Morgan fingerprint density at radius 1 is 1.09 bits per heavy atom. The summed E-state index contributed by atoms with van der Waals surface area (Å²) in [5.41, 5.74) is 1.99. The summed E-state index contributed by atoms with van der Waals surface area (Å²) in [5, 5.41) is 16.5. The second-order valence-corrected chi connectivity index (χ2v) is 12.4. The van der Waals surface area contributed by atoms with Crippen molar-refractivity contribution in [2.75, 3.05) is 43.4 Å². The van der Waals surface area contributed by atoms with Gasteiger partial charge in [-0.3, -0.25) is 9.69 Å². The van der Waals surface area contributed by atoms with Gasteiger partial charge in [0.2, 0.25) is 4.83 Å². The van der Waals surface area contributed by atoms with E-state index in [4.69, 9.17) is 4.98 Å². The number of carbonyl (C=O) groups excluding carboxylic acids is 1. The van der Waals surface area contributed by atoms with Gasteiger partial charge in [-0.25, -0.2) is 9.55 Å². The van der Waals surface area contributed by atoms with Gasteiger partial charge in [-0.05, 0) is 65.5 Å². The van der Waals surface area contributed by atoms with Crippen molar-refractivity contribution in [3.63, 3.8) is 0 Å². The standard InChI is InChI=1S/C31H34F3N7O2S/c1-3-40-12-14-41(15-13-40)17-22-10-11-23(16-24(22)31(32,33)34)35-27(42)20-6-4-19(5-7-20)25-18-39(2)26-29(36-25)44-30(37-26)38-28(43)21-8-9-21/h4-7,10-11,16,18,21,28,43H,3,8-9,12-15,17H2,1-2H3,(H,35,42)/p+1. The van der Waals surface area contributed by atoms with Crippen molar-refractivity contribution >= 4 is 38.5 Å². The number of alkyl halides is 3. The van der Waals surface area contributed by atoms with Gasteiger partial charge in [0.25, 0.3) is 5.91 Å². The lowest BCUT2D eigenvalue weighted by Gasteiger charge is -2.34. The van der Waals surface area contributed by atoms with Crippen LogP contribution in [0, 0.1) is 5.92 Å². The number of piperazine rings is 1. The van der Waals surface area contributed by atoms with Crippen molar-refractivity contribution in [3.8, 4) is 11.3 Å². The van der Waals surface area contributed by atoms with Crippen LogP contribution in [0.2, 0.25) is 0 Å². The zero-order valence-corrected chi connectivity index (χ0v) is 25.4. The number of fused-ring (bicyclic) bond motifs is 1. The van der Waals surface area contributed by atoms with Crippen LogP contribution in [0.1, 0.15) is 41.3 Å². The first-order chi connectivity index (χ1) is 21.1. The van der Waals surface area contributed by atoms with Crippen LogP contribution in [0.5, 0.6) is 0 Å². The van der Waals surface area contributed by atoms with E-state index in [0.29, 0.717) is 40.0 Å². The Morgan fingerprint density at radius 2 is 1.80 bits per heavy atom. The molecule has 0 bridgehead atoms. The van der Waals surface area contributed by atoms with Gasteiger partial charge in [-0.1, -0.05) is 25.1 Å². The Hall–Kier alpha value is -3.65. The summed E-state index contributed by atoms with van der Waals surface area (Å²) >= 11 is 1.35. The number of aliphatic hydroxyl groups is 1. The molecular weight excluding hydrogens is 591 g/mol. The van der Waals surface area contributed by atoms with Crippen molar-refractivity contribution in [3.05, 3.63) is 65.4 Å². The monoisotopic (exact) mass is 626 g/mol. The number of benzene rings is 2. The third-order valence-corrected chi connectivity index (χ3v) is 9.10. The molecule has 1 atom stereocenters. The Labute approximate surface area is 257 Å². The number of aliphatic hydroxyl groups excluding tert-OH is 1. The number of nitrogens with zero attached hydrogens (tertiary/aromatic N) is 5. The molecule has 4 aromatic rings. The number of aryl methyl sites for hydroxylation is 1. The summed E-state index contributed by atoms with van der Waals surface area (Å²) in [6.45, 7) is 6.33. The molecule has 1 aliphatic heterocycles. The molecule has 6 rings (SSSR count). The van der Waals surface area contributed by atoms with Crippen LogP contribution in [0.15, 0.2) is 48.7 Å². The fourth-order valence-electron chi connectivity index (χ4n) is 5.40. The largest absolute Gasteiger partial charge is 0.416 e. The zero-order valence-electron chi connectivity index (χ0n) is 24.6. The molecule has 3 heterocycles. The number of hydrogen-bond donors (Lipinski definition) is 3. The number of rotatable bonds is 9. The highest BCUT2D eigenvalue weighted by Gasteiger charge is 2.35. The highest BCUT2D eigenvalue weighted by atomic mass is 32.1. The van der Waals surface area contributed by atoms with Crippen LogP contribution in [0.25, 0.3) is 21.7 Å². The molecule has 1 amide bonds. The predicted molar refractivity (Wildman–Crippen MR) is 163 cm³/mol. The number of anilines is 2. The molecule has 0 spiro atoms. The van der Waals surface area contributed by atoms with E-state index in [-0.39, 0.29) is 23.7 Å². The van der Waals surface area contributed by atoms with Crippen LogP contribution < -0.4 is 15.2 Å². The van der Waals surface area contributed by atoms with E-state index in [1.54, 1.807) is 24.3 Å². The summed E-state index contributed by atoms with van der Waals surface area (Å²) in [5.74, 6) is -0.243. The molecule has 44 heavy (non-hydrogen) atoms. The third kappa shape index (κ3) is 6.85. The van der Waals surface area contributed by atoms with E-state index in [1.165, 1.54) is 23.5 Å². The molecule has 2 aromatic heterocycles. The molecule has 2 aromatic carbocycles. The van der Waals surface area contributed by atoms with E-state index in [2.05, 4.69) is 27.4 Å². The molecule has 1 saturated carbocycles. The minimum Gasteiger partial charge on any atom is -0.373 e. The average molecular weight is 627 g/mol. The lowest BCUT2D eigenvalue weighted by molar-refractivity contribution is -0.646. The first-order valence-corrected chi connectivity index (χ1v) is 15.6. The fraction of sp³-hybridized carbons (Fsp3) is 0.419. The number of carbonyl (C=O) groups is 1. The SMILES string of the molecule is CCN1CCN(Cc2ccc(NC(=O)c3ccc(-c4c[n+](C)c5nc(NC(O)C6CC6)sc5n4)cc3)cc2C(F)(F)F)CC1. The molecule has 1 saturated heterocycles. The van der Waals surface area contributed by atoms with Crippen molar-refractivity contribution in [1.82, 2.24) is 19.8 Å². The van der Waals surface area contributed by atoms with Crippen LogP contribution in [0.4, 0.5) is 24.0 Å². The second-order valence-electron chi connectivity index (χ2n) is 11.4. The smallest absolute Gasteiger partial charge is 0.373 e.